The first-order valence-electron chi connectivity index (χ1n) is 9.88. The zero-order valence-corrected chi connectivity index (χ0v) is 18.0. The molecule has 0 saturated carbocycles. The molecule has 2 aliphatic rings. The molecule has 15 heteroatoms. The number of imidazole rings is 1. The Morgan fingerprint density at radius 1 is 1.36 bits per heavy atom. The fourth-order valence-electron chi connectivity index (χ4n) is 3.92. The molecule has 0 amide bonds. The molecule has 3 N–H and O–H groups in total. The van der Waals surface area contributed by atoms with Gasteiger partial charge in [-0.2, -0.15) is 0 Å². The molecule has 0 bridgehead atoms. The lowest BCUT2D eigenvalue weighted by atomic mass is 10.1. The first kappa shape index (κ1) is 21.8. The van der Waals surface area contributed by atoms with Crippen molar-refractivity contribution in [2.75, 3.05) is 12.3 Å². The number of aliphatic hydroxyl groups excluding tert-OH is 1. The average Bonchev–Trinajstić information content (AvgIpc) is 3.35. The van der Waals surface area contributed by atoms with E-state index in [0.29, 0.717) is 11.2 Å². The van der Waals surface area contributed by atoms with Gasteiger partial charge in [-0.05, 0) is 13.0 Å². The predicted octanol–water partition coefficient (Wildman–Crippen LogP) is 1.88. The number of rotatable bonds is 5. The third-order valence-corrected chi connectivity index (χ3v) is 7.02. The van der Waals surface area contributed by atoms with Crippen LogP contribution in [-0.4, -0.2) is 54.5 Å². The van der Waals surface area contributed by atoms with E-state index in [0.717, 1.165) is 0 Å². The summed E-state index contributed by atoms with van der Waals surface area (Å²) in [5.41, 5.74) is 6.51. The first-order valence-corrected chi connectivity index (χ1v) is 11.3. The molecule has 5 rings (SSSR count). The summed E-state index contributed by atoms with van der Waals surface area (Å²) in [7, 11) is -4.18. The number of para-hydroxylation sites is 1. The maximum atomic E-state index is 13.2. The molecular weight excluding hydrogens is 459 g/mol. The molecule has 3 aromatic rings. The predicted molar refractivity (Wildman–Crippen MR) is 111 cm³/mol. The maximum Gasteiger partial charge on any atom is 0.475 e. The minimum absolute atomic E-state index is 0.171. The number of aliphatic hydroxyl groups is 1. The quantitative estimate of drug-likeness (QED) is 0.308. The van der Waals surface area contributed by atoms with E-state index in [-0.39, 0.29) is 23.7 Å². The highest BCUT2D eigenvalue weighted by Gasteiger charge is 2.54. The smallest absolute Gasteiger partial charge is 0.386 e. The molecule has 0 unspecified atom stereocenters. The molecule has 2 fully saturated rings. The minimum atomic E-state index is -4.18. The normalized spacial score (nSPS) is 30.2. The second-order valence-corrected chi connectivity index (χ2v) is 9.09. The van der Waals surface area contributed by atoms with E-state index < -0.39 is 43.4 Å². The standard InChI is InChI=1S/C18H19N6O8P/c1-9(10-4-2-3-5-11(10)24(26)27)31-33(28)29-6-12-15(32-33)14(25)18(30-12)23-8-22-13-16(19)20-7-21-17(13)23/h2-5,7-9,12,14-15,18,25H,6H2,1H3,(H2,19,20,21)/t9-,12-,14-,15-,18-,33+/m1/s1. The van der Waals surface area contributed by atoms with Crippen molar-refractivity contribution in [2.24, 2.45) is 0 Å². The number of phosphoric ester groups is 1. The highest BCUT2D eigenvalue weighted by molar-refractivity contribution is 7.48. The van der Waals surface area contributed by atoms with Crippen LogP contribution in [0.15, 0.2) is 36.9 Å². The average molecular weight is 478 g/mol. The van der Waals surface area contributed by atoms with Gasteiger partial charge < -0.3 is 15.6 Å². The minimum Gasteiger partial charge on any atom is -0.386 e. The summed E-state index contributed by atoms with van der Waals surface area (Å²) in [5.74, 6) is 0.171. The molecule has 2 saturated heterocycles. The highest BCUT2D eigenvalue weighted by atomic mass is 31.2. The second kappa shape index (κ2) is 8.09. The van der Waals surface area contributed by atoms with Gasteiger partial charge in [-0.3, -0.25) is 28.3 Å². The molecule has 2 aliphatic heterocycles. The van der Waals surface area contributed by atoms with E-state index in [9.17, 15) is 19.8 Å². The third kappa shape index (κ3) is 3.76. The van der Waals surface area contributed by atoms with Gasteiger partial charge in [0, 0.05) is 6.07 Å². The summed E-state index contributed by atoms with van der Waals surface area (Å²) in [6.07, 6.45) is -2.38. The molecule has 1 aromatic carbocycles. The van der Waals surface area contributed by atoms with Gasteiger partial charge in [-0.25, -0.2) is 19.5 Å². The van der Waals surface area contributed by atoms with Crippen molar-refractivity contribution in [1.82, 2.24) is 19.5 Å². The van der Waals surface area contributed by atoms with Gasteiger partial charge in [0.1, 0.15) is 30.2 Å². The number of nitrogen functional groups attached to an aromatic ring is 1. The Morgan fingerprint density at radius 2 is 2.15 bits per heavy atom. The van der Waals surface area contributed by atoms with E-state index in [1.807, 2.05) is 0 Å². The van der Waals surface area contributed by atoms with Crippen LogP contribution in [0.25, 0.3) is 11.2 Å². The van der Waals surface area contributed by atoms with Crippen LogP contribution >= 0.6 is 7.82 Å². The number of anilines is 1. The third-order valence-electron chi connectivity index (χ3n) is 5.48. The zero-order chi connectivity index (χ0) is 23.3. The van der Waals surface area contributed by atoms with E-state index in [1.54, 1.807) is 6.07 Å². The molecule has 6 atom stereocenters. The molecule has 2 aromatic heterocycles. The topological polar surface area (TPSA) is 187 Å². The Hall–Kier alpha value is -3.00. The Balaban J connectivity index is 1.36. The van der Waals surface area contributed by atoms with Crippen LogP contribution in [0.3, 0.4) is 0 Å². The second-order valence-electron chi connectivity index (χ2n) is 7.52. The van der Waals surface area contributed by atoms with E-state index in [1.165, 1.54) is 42.3 Å². The number of benzene rings is 1. The van der Waals surface area contributed by atoms with Crippen molar-refractivity contribution >= 4 is 30.5 Å². The molecule has 33 heavy (non-hydrogen) atoms. The molecule has 0 aliphatic carbocycles. The van der Waals surface area contributed by atoms with E-state index in [2.05, 4.69) is 15.0 Å². The summed E-state index contributed by atoms with van der Waals surface area (Å²) in [5, 5.41) is 22.2. The Kier molecular flexibility index (Phi) is 5.35. The lowest BCUT2D eigenvalue weighted by Gasteiger charge is -2.32. The SMILES string of the molecule is C[C@@H](O[P@]1(=O)OC[C@H]2O[C@@H](n3cnc4c(N)ncnc43)[C@H](O)[C@@H]2O1)c1ccccc1[N+](=O)[O-]. The van der Waals surface area contributed by atoms with Gasteiger partial charge in [-0.1, -0.05) is 12.1 Å². The van der Waals surface area contributed by atoms with Crippen molar-refractivity contribution in [2.45, 2.75) is 37.6 Å². The number of hydrogen-bond donors (Lipinski definition) is 2. The molecule has 0 radical (unpaired) electrons. The number of aromatic nitrogens is 4. The highest BCUT2D eigenvalue weighted by Crippen LogP contribution is 2.59. The number of phosphoric acid groups is 1. The fourth-order valence-corrected chi connectivity index (χ4v) is 5.48. The number of nitrogens with zero attached hydrogens (tertiary/aromatic N) is 5. The summed E-state index contributed by atoms with van der Waals surface area (Å²) >= 11 is 0. The Bertz CT molecular complexity index is 1270. The lowest BCUT2D eigenvalue weighted by molar-refractivity contribution is -0.386. The fraction of sp³-hybridized carbons (Fsp3) is 0.389. The van der Waals surface area contributed by atoms with Crippen LogP contribution in [0.5, 0.6) is 0 Å². The Labute approximate surface area is 186 Å². The Morgan fingerprint density at radius 3 is 2.94 bits per heavy atom. The summed E-state index contributed by atoms with van der Waals surface area (Å²) < 4.78 is 36.9. The summed E-state index contributed by atoms with van der Waals surface area (Å²) in [6.45, 7) is 1.30. The van der Waals surface area contributed by atoms with Crippen LogP contribution < -0.4 is 5.73 Å². The number of nitrogens with two attached hydrogens (primary N) is 1. The van der Waals surface area contributed by atoms with Crippen molar-refractivity contribution in [3.05, 3.63) is 52.6 Å². The number of nitro groups is 1. The first-order chi connectivity index (χ1) is 15.8. The maximum absolute atomic E-state index is 13.2. The largest absolute Gasteiger partial charge is 0.475 e. The molecule has 4 heterocycles. The monoisotopic (exact) mass is 478 g/mol. The summed E-state index contributed by atoms with van der Waals surface area (Å²) in [4.78, 5) is 22.9. The van der Waals surface area contributed by atoms with Gasteiger partial charge in [0.05, 0.1) is 29.5 Å². The van der Waals surface area contributed by atoms with Gasteiger partial charge in [0.2, 0.25) is 0 Å². The van der Waals surface area contributed by atoms with Crippen molar-refractivity contribution < 1.29 is 32.9 Å². The van der Waals surface area contributed by atoms with Gasteiger partial charge in [0.15, 0.2) is 17.7 Å². The van der Waals surface area contributed by atoms with E-state index in [4.69, 9.17) is 24.0 Å². The molecule has 0 spiro atoms. The molecular formula is C18H19N6O8P. The van der Waals surface area contributed by atoms with Crippen LogP contribution in [0.2, 0.25) is 0 Å². The number of hydrogen-bond acceptors (Lipinski definition) is 12. The lowest BCUT2D eigenvalue weighted by Crippen LogP contribution is -2.39. The van der Waals surface area contributed by atoms with Crippen molar-refractivity contribution in [1.29, 1.82) is 0 Å². The van der Waals surface area contributed by atoms with Crippen LogP contribution in [-0.2, 0) is 22.9 Å². The van der Waals surface area contributed by atoms with Gasteiger partial charge in [0.25, 0.3) is 5.69 Å². The number of fused-ring (bicyclic) bond motifs is 2. The van der Waals surface area contributed by atoms with Crippen LogP contribution in [0.4, 0.5) is 11.5 Å². The van der Waals surface area contributed by atoms with Crippen molar-refractivity contribution in [3.63, 3.8) is 0 Å². The molecule has 174 valence electrons. The summed E-state index contributed by atoms with van der Waals surface area (Å²) in [6, 6.07) is 5.92. The number of ether oxygens (including phenoxy) is 1. The number of nitro benzene ring substituents is 1. The van der Waals surface area contributed by atoms with E-state index >= 15 is 0 Å². The van der Waals surface area contributed by atoms with Crippen LogP contribution in [0, 0.1) is 10.1 Å². The van der Waals surface area contributed by atoms with Crippen molar-refractivity contribution in [3.8, 4) is 0 Å². The van der Waals surface area contributed by atoms with Gasteiger partial charge in [-0.15, -0.1) is 0 Å². The van der Waals surface area contributed by atoms with Crippen LogP contribution in [0.1, 0.15) is 24.8 Å². The molecule has 14 nitrogen and oxygen atoms in total. The zero-order valence-electron chi connectivity index (χ0n) is 17.1. The van der Waals surface area contributed by atoms with Gasteiger partial charge >= 0.3 is 7.82 Å².